The third-order valence-corrected chi connectivity index (χ3v) is 8.50. The van der Waals surface area contributed by atoms with Crippen LogP contribution in [-0.2, 0) is 20.8 Å². The molecule has 4 rings (SSSR count). The van der Waals surface area contributed by atoms with Crippen LogP contribution in [0.5, 0.6) is 5.75 Å². The number of methoxy groups -OCH3 is 1. The molecule has 52 heavy (non-hydrogen) atoms. The molecule has 0 aliphatic carbocycles. The van der Waals surface area contributed by atoms with E-state index in [1.54, 1.807) is 48.5 Å². The molecular weight excluding hydrogens is 692 g/mol. The SMILES string of the molecule is COc1ccc(CC(NC(=O)c2ccc(C(=N)N)cc2)C(=O)N2CCN(CC(=O)O)C(=O)[C@@H]2CCCCNC(=O)c2ccc(C(=N)N)cc2)cc1.Cl. The number of ether oxygens (including phenoxy) is 1. The number of piperazine rings is 1. The maximum atomic E-state index is 14.3. The maximum absolute atomic E-state index is 14.3. The van der Waals surface area contributed by atoms with Crippen molar-refractivity contribution >= 4 is 53.7 Å². The van der Waals surface area contributed by atoms with Gasteiger partial charge in [-0.05, 0) is 61.2 Å². The molecular formula is C36H43ClN8O7. The number of unbranched alkanes of at least 4 members (excludes halogenated alkanes) is 1. The van der Waals surface area contributed by atoms with Gasteiger partial charge in [-0.2, -0.15) is 0 Å². The third-order valence-electron chi connectivity index (χ3n) is 8.50. The van der Waals surface area contributed by atoms with E-state index < -0.39 is 42.3 Å². The zero-order valence-corrected chi connectivity index (χ0v) is 29.4. The summed E-state index contributed by atoms with van der Waals surface area (Å²) in [7, 11) is 1.53. The monoisotopic (exact) mass is 734 g/mol. The van der Waals surface area contributed by atoms with E-state index >= 15 is 0 Å². The summed E-state index contributed by atoms with van der Waals surface area (Å²) < 4.78 is 5.24. The number of carboxylic acids is 1. The van der Waals surface area contributed by atoms with Gasteiger partial charge in [0.25, 0.3) is 11.8 Å². The second-order valence-electron chi connectivity index (χ2n) is 12.0. The Hall–Kier alpha value is -5.96. The molecule has 0 aromatic heterocycles. The molecule has 3 aromatic carbocycles. The van der Waals surface area contributed by atoms with Crippen LogP contribution in [-0.4, -0.2) is 102 Å². The van der Waals surface area contributed by atoms with Crippen molar-refractivity contribution in [3.05, 3.63) is 101 Å². The quantitative estimate of drug-likeness (QED) is 0.0643. The molecule has 0 spiro atoms. The Labute approximate surface area is 307 Å². The lowest BCUT2D eigenvalue weighted by molar-refractivity contribution is -0.156. The Morgan fingerprint density at radius 3 is 1.90 bits per heavy atom. The zero-order chi connectivity index (χ0) is 37.1. The van der Waals surface area contributed by atoms with Gasteiger partial charge in [0.15, 0.2) is 0 Å². The number of carboxylic acid groups (broad SMARTS) is 1. The number of halogens is 1. The van der Waals surface area contributed by atoms with Gasteiger partial charge in [-0.3, -0.25) is 34.8 Å². The summed E-state index contributed by atoms with van der Waals surface area (Å²) in [6.07, 6.45) is 1.17. The summed E-state index contributed by atoms with van der Waals surface area (Å²) in [5.74, 6) is -2.72. The van der Waals surface area contributed by atoms with Crippen molar-refractivity contribution in [2.75, 3.05) is 33.3 Å². The Morgan fingerprint density at radius 2 is 1.38 bits per heavy atom. The second-order valence-corrected chi connectivity index (χ2v) is 12.0. The number of nitrogens with two attached hydrogens (primary N) is 2. The van der Waals surface area contributed by atoms with Crippen molar-refractivity contribution in [3.63, 3.8) is 0 Å². The zero-order valence-electron chi connectivity index (χ0n) is 28.6. The number of carbonyl (C=O) groups is 5. The Morgan fingerprint density at radius 1 is 0.846 bits per heavy atom. The van der Waals surface area contributed by atoms with Crippen LogP contribution >= 0.6 is 12.4 Å². The fourth-order valence-corrected chi connectivity index (χ4v) is 5.71. The summed E-state index contributed by atoms with van der Waals surface area (Å²) in [6.45, 7) is -0.183. The number of amides is 4. The van der Waals surface area contributed by atoms with Gasteiger partial charge >= 0.3 is 5.97 Å². The van der Waals surface area contributed by atoms with E-state index in [9.17, 15) is 29.1 Å². The van der Waals surface area contributed by atoms with Gasteiger partial charge in [0.05, 0.1) is 7.11 Å². The molecule has 3 aromatic rings. The van der Waals surface area contributed by atoms with E-state index in [-0.39, 0.29) is 68.0 Å². The molecule has 15 nitrogen and oxygen atoms in total. The summed E-state index contributed by atoms with van der Waals surface area (Å²) in [5, 5.41) is 30.1. The van der Waals surface area contributed by atoms with Crippen molar-refractivity contribution in [1.82, 2.24) is 20.4 Å². The first-order chi connectivity index (χ1) is 24.4. The van der Waals surface area contributed by atoms with Gasteiger partial charge in [0.2, 0.25) is 11.8 Å². The van der Waals surface area contributed by atoms with Crippen LogP contribution in [0.3, 0.4) is 0 Å². The normalized spacial score (nSPS) is 14.4. The molecule has 16 heteroatoms. The van der Waals surface area contributed by atoms with Gasteiger partial charge in [-0.15, -0.1) is 12.4 Å². The molecule has 1 aliphatic rings. The number of hydrogen-bond acceptors (Lipinski definition) is 8. The topological polar surface area (TPSA) is 245 Å². The van der Waals surface area contributed by atoms with E-state index in [1.807, 2.05) is 0 Å². The maximum Gasteiger partial charge on any atom is 0.323 e. The predicted octanol–water partition coefficient (Wildman–Crippen LogP) is 1.75. The number of rotatable bonds is 16. The molecule has 9 N–H and O–H groups in total. The first kappa shape index (κ1) is 40.5. The first-order valence-corrected chi connectivity index (χ1v) is 16.3. The lowest BCUT2D eigenvalue weighted by Gasteiger charge is -2.41. The van der Waals surface area contributed by atoms with Crippen LogP contribution in [0.15, 0.2) is 72.8 Å². The average molecular weight is 735 g/mol. The molecule has 276 valence electrons. The Kier molecular flexibility index (Phi) is 14.7. The molecule has 1 aliphatic heterocycles. The molecule has 0 bridgehead atoms. The number of carbonyl (C=O) groups excluding carboxylic acids is 4. The van der Waals surface area contributed by atoms with Crippen LogP contribution < -0.4 is 26.8 Å². The predicted molar refractivity (Wildman–Crippen MR) is 196 cm³/mol. The van der Waals surface area contributed by atoms with Crippen molar-refractivity contribution < 1.29 is 33.8 Å². The second kappa shape index (κ2) is 18.9. The number of nitrogens with zero attached hydrogens (tertiary/aromatic N) is 2. The molecule has 0 radical (unpaired) electrons. The minimum absolute atomic E-state index is 0. The standard InChI is InChI=1S/C36H42N8O7.ClH/c1-51-27-15-5-22(6-16-27)20-28(42-34(48)26-13-9-24(10-14-26)32(39)40)35(49)44-19-18-43(21-30(45)46)36(50)29(44)4-2-3-17-41-33(47)25-11-7-23(8-12-25)31(37)38;/h5-16,28-29H,2-4,17-21H2,1H3,(H3,37,38)(H3,39,40)(H,41,47)(H,42,48)(H,45,46);1H/t28?,29-;/m0./s1. The van der Waals surface area contributed by atoms with Crippen LogP contribution in [0, 0.1) is 10.8 Å². The van der Waals surface area contributed by atoms with E-state index in [0.717, 1.165) is 5.56 Å². The van der Waals surface area contributed by atoms with Gasteiger partial charge in [0.1, 0.15) is 36.0 Å². The first-order valence-electron chi connectivity index (χ1n) is 16.3. The third kappa shape index (κ3) is 10.8. The van der Waals surface area contributed by atoms with Crippen LogP contribution in [0.2, 0.25) is 0 Å². The van der Waals surface area contributed by atoms with Gasteiger partial charge in [-0.25, -0.2) is 0 Å². The Balaban J connectivity index is 0.00000729. The largest absolute Gasteiger partial charge is 0.497 e. The lowest BCUT2D eigenvalue weighted by atomic mass is 9.99. The number of nitrogen functional groups attached to an aromatic ring is 2. The fourth-order valence-electron chi connectivity index (χ4n) is 5.71. The Bertz CT molecular complexity index is 1770. The van der Waals surface area contributed by atoms with E-state index in [0.29, 0.717) is 35.3 Å². The summed E-state index contributed by atoms with van der Waals surface area (Å²) >= 11 is 0. The van der Waals surface area contributed by atoms with E-state index in [1.165, 1.54) is 41.2 Å². The minimum atomic E-state index is -1.18. The number of aliphatic carboxylic acids is 1. The fraction of sp³-hybridized carbons (Fsp3) is 0.306. The summed E-state index contributed by atoms with van der Waals surface area (Å²) in [4.78, 5) is 68.1. The van der Waals surface area contributed by atoms with E-state index in [4.69, 9.17) is 27.0 Å². The minimum Gasteiger partial charge on any atom is -0.497 e. The average Bonchev–Trinajstić information content (AvgIpc) is 3.12. The smallest absolute Gasteiger partial charge is 0.323 e. The van der Waals surface area contributed by atoms with Crippen molar-refractivity contribution in [3.8, 4) is 5.75 Å². The highest BCUT2D eigenvalue weighted by Crippen LogP contribution is 2.21. The highest BCUT2D eigenvalue weighted by molar-refractivity contribution is 6.01. The van der Waals surface area contributed by atoms with Crippen molar-refractivity contribution in [2.45, 2.75) is 37.8 Å². The van der Waals surface area contributed by atoms with Gasteiger partial charge < -0.3 is 41.7 Å². The van der Waals surface area contributed by atoms with Crippen LogP contribution in [0.25, 0.3) is 0 Å². The van der Waals surface area contributed by atoms with Crippen LogP contribution in [0.4, 0.5) is 0 Å². The number of amidine groups is 2. The van der Waals surface area contributed by atoms with Crippen LogP contribution in [0.1, 0.15) is 56.7 Å². The molecule has 1 unspecified atom stereocenters. The summed E-state index contributed by atoms with van der Waals surface area (Å²) in [5.41, 5.74) is 13.3. The van der Waals surface area contributed by atoms with Gasteiger partial charge in [-0.1, -0.05) is 36.4 Å². The molecule has 0 saturated carbocycles. The highest BCUT2D eigenvalue weighted by Gasteiger charge is 2.40. The molecule has 2 atom stereocenters. The van der Waals surface area contributed by atoms with Gasteiger partial charge in [0, 0.05) is 48.3 Å². The lowest BCUT2D eigenvalue weighted by Crippen LogP contribution is -2.63. The summed E-state index contributed by atoms with van der Waals surface area (Å²) in [6, 6.07) is 17.3. The molecule has 4 amide bonds. The number of nitrogens with one attached hydrogen (secondary N) is 4. The van der Waals surface area contributed by atoms with Crippen molar-refractivity contribution in [1.29, 1.82) is 10.8 Å². The molecule has 1 saturated heterocycles. The van der Waals surface area contributed by atoms with Crippen molar-refractivity contribution in [2.24, 2.45) is 11.5 Å². The number of benzene rings is 3. The van der Waals surface area contributed by atoms with E-state index in [2.05, 4.69) is 10.6 Å². The highest BCUT2D eigenvalue weighted by atomic mass is 35.5. The molecule has 1 fully saturated rings. The molecule has 1 heterocycles. The number of hydrogen-bond donors (Lipinski definition) is 7.